The number of hydrogen-bond donors (Lipinski definition) is 9. The van der Waals surface area contributed by atoms with Gasteiger partial charge in [-0.25, -0.2) is 0 Å². The van der Waals surface area contributed by atoms with Crippen LogP contribution < -0.4 is 16.4 Å². The van der Waals surface area contributed by atoms with Crippen LogP contribution in [0.25, 0.3) is 0 Å². The van der Waals surface area contributed by atoms with Crippen molar-refractivity contribution >= 4 is 29.1 Å². The van der Waals surface area contributed by atoms with Crippen LogP contribution in [0.4, 0.5) is 11.4 Å². The van der Waals surface area contributed by atoms with Gasteiger partial charge in [-0.15, -0.1) is 0 Å². The summed E-state index contributed by atoms with van der Waals surface area (Å²) < 4.78 is 0. The predicted molar refractivity (Wildman–Crippen MR) is 157 cm³/mol. The minimum Gasteiger partial charge on any atom is -0.395 e. The van der Waals surface area contributed by atoms with Crippen LogP contribution in [0.3, 0.4) is 0 Å². The number of nitrogens with two attached hydrogens (primary N) is 1. The van der Waals surface area contributed by atoms with Crippen LogP contribution in [0, 0.1) is 0 Å². The molecule has 0 saturated heterocycles. The Morgan fingerprint density at radius 1 is 0.674 bits per heavy atom. The summed E-state index contributed by atoms with van der Waals surface area (Å²) in [4.78, 5) is 39.2. The van der Waals surface area contributed by atoms with Gasteiger partial charge < -0.3 is 51.9 Å². The molecule has 3 rings (SSSR count). The second-order valence-electron chi connectivity index (χ2n) is 9.74. The van der Waals surface area contributed by atoms with E-state index in [0.29, 0.717) is 29.0 Å². The van der Waals surface area contributed by atoms with E-state index < -0.39 is 56.0 Å². The third-order valence-corrected chi connectivity index (χ3v) is 6.64. The molecule has 0 bridgehead atoms. The van der Waals surface area contributed by atoms with E-state index in [1.165, 1.54) is 24.3 Å². The number of hydrogen-bond acceptors (Lipinski definition) is 10. The van der Waals surface area contributed by atoms with E-state index in [2.05, 4.69) is 10.6 Å². The Labute approximate surface area is 247 Å². The van der Waals surface area contributed by atoms with Crippen molar-refractivity contribution < 1.29 is 45.0 Å². The summed E-state index contributed by atoms with van der Waals surface area (Å²) in [6, 6.07) is 19.0. The Balaban J connectivity index is 1.59. The smallest absolute Gasteiger partial charge is 0.255 e. The van der Waals surface area contributed by atoms with Gasteiger partial charge in [0.15, 0.2) is 0 Å². The van der Waals surface area contributed by atoms with E-state index in [9.17, 15) is 39.9 Å². The fourth-order valence-electron chi connectivity index (χ4n) is 4.08. The summed E-state index contributed by atoms with van der Waals surface area (Å²) in [5.74, 6) is -1.35. The molecule has 0 spiro atoms. The normalized spacial score (nSPS) is 13.8. The Morgan fingerprint density at radius 2 is 1.12 bits per heavy atom. The van der Waals surface area contributed by atoms with Gasteiger partial charge in [-0.1, -0.05) is 12.1 Å². The van der Waals surface area contributed by atoms with Crippen molar-refractivity contribution in [1.29, 1.82) is 0 Å². The highest BCUT2D eigenvalue weighted by Crippen LogP contribution is 2.17. The summed E-state index contributed by atoms with van der Waals surface area (Å²) in [6.45, 7) is -1.60. The highest BCUT2D eigenvalue weighted by Gasteiger charge is 2.32. The topological polar surface area (TPSA) is 226 Å². The van der Waals surface area contributed by atoms with Gasteiger partial charge in [0.25, 0.3) is 17.7 Å². The number of benzene rings is 3. The highest BCUT2D eigenvalue weighted by molar-refractivity contribution is 6.06. The average Bonchev–Trinajstić information content (AvgIpc) is 3.03. The Morgan fingerprint density at radius 3 is 1.56 bits per heavy atom. The first-order valence-corrected chi connectivity index (χ1v) is 13.4. The SMILES string of the molecule is NCc1ccc(C(=O)Nc2ccc(C(=O)Nc3ccc(C(=O)N(CCO)CC(O)C(O)C(O)C(O)CO)cc3)cc2)cc1. The van der Waals surface area contributed by atoms with E-state index in [0.717, 1.165) is 10.5 Å². The molecule has 4 atom stereocenters. The molecule has 3 amide bonds. The van der Waals surface area contributed by atoms with Crippen LogP contribution in [-0.4, -0.2) is 104 Å². The standard InChI is InChI=1S/C30H36N4O9/c31-15-18-1-3-19(4-2-18)28(41)32-22-9-5-20(6-10-22)29(42)33-23-11-7-21(8-12-23)30(43)34(13-14-35)16-24(37)26(39)27(40)25(38)17-36/h1-12,24-27,35-40H,13-17,31H2,(H,32,41)(H,33,42). The maximum absolute atomic E-state index is 13.0. The second kappa shape index (κ2) is 15.9. The number of anilines is 2. The minimum atomic E-state index is -1.87. The minimum absolute atomic E-state index is 0.154. The maximum atomic E-state index is 13.0. The Bertz CT molecular complexity index is 1350. The lowest BCUT2D eigenvalue weighted by atomic mass is 10.0. The van der Waals surface area contributed by atoms with Crippen LogP contribution >= 0.6 is 0 Å². The molecule has 13 heteroatoms. The molecule has 3 aromatic carbocycles. The van der Waals surface area contributed by atoms with Gasteiger partial charge in [0.2, 0.25) is 0 Å². The number of amides is 3. The molecule has 43 heavy (non-hydrogen) atoms. The van der Waals surface area contributed by atoms with Crippen molar-refractivity contribution in [2.75, 3.05) is 36.9 Å². The summed E-state index contributed by atoms with van der Waals surface area (Å²) in [5, 5.41) is 63.4. The van der Waals surface area contributed by atoms with Crippen molar-refractivity contribution in [3.05, 3.63) is 95.1 Å². The molecule has 13 nitrogen and oxygen atoms in total. The third kappa shape index (κ3) is 9.14. The summed E-state index contributed by atoms with van der Waals surface area (Å²) in [5.41, 5.74) is 8.30. The van der Waals surface area contributed by atoms with Crippen molar-refractivity contribution in [2.45, 2.75) is 31.0 Å². The van der Waals surface area contributed by atoms with Gasteiger partial charge in [-0.3, -0.25) is 14.4 Å². The molecular formula is C30H36N4O9. The quantitative estimate of drug-likeness (QED) is 0.116. The van der Waals surface area contributed by atoms with Crippen molar-refractivity contribution in [3.8, 4) is 0 Å². The van der Waals surface area contributed by atoms with E-state index in [1.807, 2.05) is 0 Å². The van der Waals surface area contributed by atoms with Crippen molar-refractivity contribution in [2.24, 2.45) is 5.73 Å². The van der Waals surface area contributed by atoms with Crippen LogP contribution in [0.15, 0.2) is 72.8 Å². The molecule has 4 unspecified atom stereocenters. The number of rotatable bonds is 14. The zero-order valence-electron chi connectivity index (χ0n) is 23.2. The molecule has 3 aromatic rings. The lowest BCUT2D eigenvalue weighted by Gasteiger charge is -2.30. The molecule has 0 aromatic heterocycles. The molecule has 0 saturated carbocycles. The molecular weight excluding hydrogens is 560 g/mol. The first-order chi connectivity index (χ1) is 20.6. The van der Waals surface area contributed by atoms with Gasteiger partial charge in [-0.05, 0) is 66.2 Å². The van der Waals surface area contributed by atoms with Gasteiger partial charge in [0, 0.05) is 47.7 Å². The number of nitrogens with zero attached hydrogens (tertiary/aromatic N) is 1. The number of nitrogens with one attached hydrogen (secondary N) is 2. The van der Waals surface area contributed by atoms with Gasteiger partial charge in [0.1, 0.15) is 24.4 Å². The zero-order chi connectivity index (χ0) is 31.5. The lowest BCUT2D eigenvalue weighted by Crippen LogP contribution is -2.51. The third-order valence-electron chi connectivity index (χ3n) is 6.64. The largest absolute Gasteiger partial charge is 0.395 e. The predicted octanol–water partition coefficient (Wildman–Crippen LogP) is -0.480. The summed E-state index contributed by atoms with van der Waals surface area (Å²) in [6.07, 6.45) is -7.11. The maximum Gasteiger partial charge on any atom is 0.255 e. The van der Waals surface area contributed by atoms with E-state index >= 15 is 0 Å². The van der Waals surface area contributed by atoms with Crippen LogP contribution in [0.5, 0.6) is 0 Å². The molecule has 0 heterocycles. The highest BCUT2D eigenvalue weighted by atomic mass is 16.4. The molecule has 230 valence electrons. The monoisotopic (exact) mass is 596 g/mol. The van der Waals surface area contributed by atoms with Crippen molar-refractivity contribution in [1.82, 2.24) is 4.90 Å². The number of aliphatic hydroxyl groups is 6. The lowest BCUT2D eigenvalue weighted by molar-refractivity contribution is -0.118. The van der Waals surface area contributed by atoms with Crippen molar-refractivity contribution in [3.63, 3.8) is 0 Å². The van der Waals surface area contributed by atoms with E-state index in [-0.39, 0.29) is 18.0 Å². The molecule has 10 N–H and O–H groups in total. The zero-order valence-corrected chi connectivity index (χ0v) is 23.2. The Kier molecular flexibility index (Phi) is 12.3. The number of aliphatic hydroxyl groups excluding tert-OH is 6. The fourth-order valence-corrected chi connectivity index (χ4v) is 4.08. The van der Waals surface area contributed by atoms with Gasteiger partial charge in [-0.2, -0.15) is 0 Å². The first-order valence-electron chi connectivity index (χ1n) is 13.4. The van der Waals surface area contributed by atoms with E-state index in [4.69, 9.17) is 10.8 Å². The molecule has 0 aliphatic rings. The number of carbonyl (C=O) groups is 3. The molecule has 0 fully saturated rings. The van der Waals surface area contributed by atoms with Crippen LogP contribution in [0.1, 0.15) is 36.6 Å². The molecule has 0 radical (unpaired) electrons. The average molecular weight is 597 g/mol. The van der Waals surface area contributed by atoms with Gasteiger partial charge in [0.05, 0.1) is 13.2 Å². The van der Waals surface area contributed by atoms with Crippen LogP contribution in [0.2, 0.25) is 0 Å². The van der Waals surface area contributed by atoms with E-state index in [1.54, 1.807) is 48.5 Å². The van der Waals surface area contributed by atoms with Crippen LogP contribution in [-0.2, 0) is 6.54 Å². The van der Waals surface area contributed by atoms with Gasteiger partial charge >= 0.3 is 0 Å². The molecule has 0 aliphatic carbocycles. The Hall–Kier alpha value is -4.21. The number of carbonyl (C=O) groups excluding carboxylic acids is 3. The summed E-state index contributed by atoms with van der Waals surface area (Å²) >= 11 is 0. The second-order valence-corrected chi connectivity index (χ2v) is 9.74. The molecule has 0 aliphatic heterocycles. The first kappa shape index (κ1) is 33.3. The summed E-state index contributed by atoms with van der Waals surface area (Å²) in [7, 11) is 0. The fraction of sp³-hybridized carbons (Fsp3) is 0.300.